The normalized spacial score (nSPS) is 10.8. The lowest BCUT2D eigenvalue weighted by Gasteiger charge is -1.98. The van der Waals surface area contributed by atoms with E-state index < -0.39 is 0 Å². The molecule has 6 nitrogen and oxygen atoms in total. The maximum Gasteiger partial charge on any atom is 0.261 e. The Hall–Kier alpha value is -1.80. The summed E-state index contributed by atoms with van der Waals surface area (Å²) in [5, 5.41) is 17.3. The van der Waals surface area contributed by atoms with Gasteiger partial charge in [0.05, 0.1) is 11.4 Å². The van der Waals surface area contributed by atoms with E-state index in [0.717, 1.165) is 9.97 Å². The quantitative estimate of drug-likeness (QED) is 0.771. The van der Waals surface area contributed by atoms with Gasteiger partial charge in [0.1, 0.15) is 11.3 Å². The molecule has 0 bridgehead atoms. The van der Waals surface area contributed by atoms with Crippen LogP contribution < -0.4 is 5.32 Å². The zero-order valence-corrected chi connectivity index (χ0v) is 10.2. The number of hydrogen-bond donors (Lipinski definition) is 1. The Labute approximate surface area is 104 Å². The smallest absolute Gasteiger partial charge is 0.261 e. The molecule has 1 N–H and O–H groups in total. The first-order valence-electron chi connectivity index (χ1n) is 4.80. The fourth-order valence-corrected chi connectivity index (χ4v) is 2.72. The van der Waals surface area contributed by atoms with Crippen molar-refractivity contribution in [2.45, 2.75) is 6.54 Å². The molecule has 1 amide bonds. The minimum atomic E-state index is -0.0778. The molecule has 0 aliphatic carbocycles. The van der Waals surface area contributed by atoms with Crippen molar-refractivity contribution in [3.05, 3.63) is 33.7 Å². The van der Waals surface area contributed by atoms with E-state index in [1.807, 2.05) is 11.4 Å². The van der Waals surface area contributed by atoms with Crippen LogP contribution in [-0.2, 0) is 6.54 Å². The highest BCUT2D eigenvalue weighted by molar-refractivity contribution is 7.16. The molecule has 0 aliphatic heterocycles. The van der Waals surface area contributed by atoms with Crippen molar-refractivity contribution in [2.24, 2.45) is 0 Å². The highest BCUT2D eigenvalue weighted by Gasteiger charge is 2.09. The molecule has 0 fully saturated rings. The van der Waals surface area contributed by atoms with Gasteiger partial charge in [-0.1, -0.05) is 17.4 Å². The number of nitrogens with zero attached hydrogens (tertiary/aromatic N) is 4. The summed E-state index contributed by atoms with van der Waals surface area (Å²) >= 11 is 2.83. The number of nitrogens with one attached hydrogen (secondary N) is 1. The Morgan fingerprint density at radius 2 is 2.47 bits per heavy atom. The molecule has 3 aromatic rings. The molecule has 0 radical (unpaired) electrons. The SMILES string of the molecule is O=C(NCc1nn2cnnc2s1)c1cccs1. The largest absolute Gasteiger partial charge is 0.345 e. The Bertz CT molecular complexity index is 613. The zero-order valence-electron chi connectivity index (χ0n) is 8.53. The standard InChI is InChI=1S/C9H7N5OS2/c15-8(6-2-1-3-16-6)10-4-7-13-14-5-11-12-9(14)17-7/h1-3,5H,4H2,(H,10,15). The minimum absolute atomic E-state index is 0.0778. The van der Waals surface area contributed by atoms with E-state index in [9.17, 15) is 4.79 Å². The molecule has 3 rings (SSSR count). The molecule has 0 aliphatic rings. The van der Waals surface area contributed by atoms with E-state index in [1.54, 1.807) is 10.6 Å². The van der Waals surface area contributed by atoms with Gasteiger partial charge in [-0.25, -0.2) is 0 Å². The van der Waals surface area contributed by atoms with Crippen LogP contribution in [0.25, 0.3) is 4.96 Å². The fraction of sp³-hybridized carbons (Fsp3) is 0.111. The van der Waals surface area contributed by atoms with Gasteiger partial charge in [-0.3, -0.25) is 4.79 Å². The second-order valence-electron chi connectivity index (χ2n) is 3.21. The summed E-state index contributed by atoms with van der Waals surface area (Å²) in [4.78, 5) is 13.1. The van der Waals surface area contributed by atoms with Crippen molar-refractivity contribution in [3.8, 4) is 0 Å². The molecule has 86 valence electrons. The molecule has 8 heteroatoms. The number of thiophene rings is 1. The van der Waals surface area contributed by atoms with Crippen molar-refractivity contribution >= 4 is 33.5 Å². The zero-order chi connectivity index (χ0) is 11.7. The summed E-state index contributed by atoms with van der Waals surface area (Å²) in [6.07, 6.45) is 1.54. The van der Waals surface area contributed by atoms with E-state index in [2.05, 4.69) is 20.6 Å². The predicted octanol–water partition coefficient (Wildman–Crippen LogP) is 1.18. The maximum atomic E-state index is 11.7. The van der Waals surface area contributed by atoms with Crippen LogP contribution in [0.2, 0.25) is 0 Å². The Morgan fingerprint density at radius 1 is 1.53 bits per heavy atom. The van der Waals surface area contributed by atoms with E-state index >= 15 is 0 Å². The van der Waals surface area contributed by atoms with Crippen molar-refractivity contribution < 1.29 is 4.79 Å². The average Bonchev–Trinajstić information content (AvgIpc) is 3.01. The van der Waals surface area contributed by atoms with Crippen molar-refractivity contribution in [1.82, 2.24) is 25.1 Å². The van der Waals surface area contributed by atoms with Gasteiger partial charge < -0.3 is 5.32 Å². The van der Waals surface area contributed by atoms with E-state index in [0.29, 0.717) is 11.4 Å². The molecule has 0 atom stereocenters. The number of rotatable bonds is 3. The molecule has 17 heavy (non-hydrogen) atoms. The topological polar surface area (TPSA) is 72.2 Å². The molecular weight excluding hydrogens is 258 g/mol. The van der Waals surface area contributed by atoms with Crippen LogP contribution in [0.5, 0.6) is 0 Å². The van der Waals surface area contributed by atoms with Gasteiger partial charge in [0.15, 0.2) is 0 Å². The third kappa shape index (κ3) is 2.04. The van der Waals surface area contributed by atoms with Crippen LogP contribution in [0.1, 0.15) is 14.7 Å². The van der Waals surface area contributed by atoms with Crippen LogP contribution in [0.3, 0.4) is 0 Å². The first kappa shape index (κ1) is 10.4. The number of hydrogen-bond acceptors (Lipinski definition) is 6. The molecule has 0 saturated carbocycles. The number of fused-ring (bicyclic) bond motifs is 1. The van der Waals surface area contributed by atoms with E-state index in [1.165, 1.54) is 29.0 Å². The molecule has 3 aromatic heterocycles. The molecule has 0 saturated heterocycles. The van der Waals surface area contributed by atoms with Gasteiger partial charge in [-0.15, -0.1) is 21.5 Å². The third-order valence-corrected chi connectivity index (χ3v) is 3.86. The molecular formula is C9H7N5OS2. The lowest BCUT2D eigenvalue weighted by atomic mass is 10.4. The van der Waals surface area contributed by atoms with Gasteiger partial charge in [-0.2, -0.15) is 9.61 Å². The Balaban J connectivity index is 1.68. The van der Waals surface area contributed by atoms with Gasteiger partial charge in [0.2, 0.25) is 4.96 Å². The fourth-order valence-electron chi connectivity index (χ4n) is 1.32. The van der Waals surface area contributed by atoms with Gasteiger partial charge in [-0.05, 0) is 11.4 Å². The van der Waals surface area contributed by atoms with Crippen LogP contribution in [0, 0.1) is 0 Å². The molecule has 0 spiro atoms. The number of carbonyl (C=O) groups is 1. The number of amides is 1. The number of carbonyl (C=O) groups excluding carboxylic acids is 1. The summed E-state index contributed by atoms with van der Waals surface area (Å²) in [7, 11) is 0. The van der Waals surface area contributed by atoms with Gasteiger partial charge >= 0.3 is 0 Å². The highest BCUT2D eigenvalue weighted by atomic mass is 32.1. The van der Waals surface area contributed by atoms with Crippen LogP contribution in [0.4, 0.5) is 0 Å². The monoisotopic (exact) mass is 265 g/mol. The summed E-state index contributed by atoms with van der Waals surface area (Å²) in [6.45, 7) is 0.407. The van der Waals surface area contributed by atoms with Crippen LogP contribution in [0.15, 0.2) is 23.8 Å². The highest BCUT2D eigenvalue weighted by Crippen LogP contribution is 2.12. The Morgan fingerprint density at radius 3 is 3.24 bits per heavy atom. The minimum Gasteiger partial charge on any atom is -0.345 e. The summed E-state index contributed by atoms with van der Waals surface area (Å²) < 4.78 is 1.59. The average molecular weight is 265 g/mol. The molecule has 0 aromatic carbocycles. The summed E-state index contributed by atoms with van der Waals surface area (Å²) in [6, 6.07) is 3.64. The van der Waals surface area contributed by atoms with Gasteiger partial charge in [0.25, 0.3) is 5.91 Å². The van der Waals surface area contributed by atoms with E-state index in [4.69, 9.17) is 0 Å². The summed E-state index contributed by atoms with van der Waals surface area (Å²) in [5.74, 6) is -0.0778. The number of aromatic nitrogens is 4. The van der Waals surface area contributed by atoms with Crippen molar-refractivity contribution in [2.75, 3.05) is 0 Å². The van der Waals surface area contributed by atoms with E-state index in [-0.39, 0.29) is 5.91 Å². The Kier molecular flexibility index (Phi) is 2.57. The van der Waals surface area contributed by atoms with Gasteiger partial charge in [0, 0.05) is 0 Å². The van der Waals surface area contributed by atoms with Crippen molar-refractivity contribution in [1.29, 1.82) is 0 Å². The predicted molar refractivity (Wildman–Crippen MR) is 64.1 cm³/mol. The lowest BCUT2D eigenvalue weighted by molar-refractivity contribution is 0.0955. The lowest BCUT2D eigenvalue weighted by Crippen LogP contribution is -2.21. The third-order valence-electron chi connectivity index (χ3n) is 2.07. The second-order valence-corrected chi connectivity index (χ2v) is 5.20. The molecule has 0 unspecified atom stereocenters. The van der Waals surface area contributed by atoms with Crippen LogP contribution in [-0.4, -0.2) is 25.7 Å². The second kappa shape index (κ2) is 4.22. The first-order chi connectivity index (χ1) is 8.33. The first-order valence-corrected chi connectivity index (χ1v) is 6.50. The van der Waals surface area contributed by atoms with Crippen LogP contribution >= 0.6 is 22.7 Å². The maximum absolute atomic E-state index is 11.7. The molecule has 3 heterocycles. The van der Waals surface area contributed by atoms with Crippen molar-refractivity contribution in [3.63, 3.8) is 0 Å². The summed E-state index contributed by atoms with van der Waals surface area (Å²) in [5.41, 5.74) is 0.